The maximum Gasteiger partial charge on any atom is 0.326 e. The highest BCUT2D eigenvalue weighted by Gasteiger charge is 2.27. The molecule has 1 amide bonds. The number of nitrogens with one attached hydrogen (secondary N) is 1. The summed E-state index contributed by atoms with van der Waals surface area (Å²) >= 11 is 12.7. The fourth-order valence-corrected chi connectivity index (χ4v) is 4.97. The minimum Gasteiger partial charge on any atom is -0.508 e. The van der Waals surface area contributed by atoms with Gasteiger partial charge in [-0.25, -0.2) is 4.79 Å². The third-order valence-electron chi connectivity index (χ3n) is 6.26. The number of β-amino-alcohol motifs (C(OH)–C–C–N with tert-alkyl or cyclic N) is 1. The van der Waals surface area contributed by atoms with E-state index in [9.17, 15) is 30.0 Å². The molecule has 0 aliphatic carbocycles. The molecule has 0 spiro atoms. The summed E-state index contributed by atoms with van der Waals surface area (Å²) in [5.41, 5.74) is 1.14. The second kappa shape index (κ2) is 13.4. The number of phenolic OH excluding ortho intramolecular Hbond substituents is 1. The minimum absolute atomic E-state index is 0.0266. The number of carboxylic acids is 1. The quantitative estimate of drug-likeness (QED) is 0.167. The number of phenols is 1. The number of aromatic hydroxyl groups is 1. The van der Waals surface area contributed by atoms with Crippen molar-refractivity contribution in [2.24, 2.45) is 4.99 Å². The molecule has 2 aromatic carbocycles. The van der Waals surface area contributed by atoms with Crippen LogP contribution in [-0.2, 0) is 11.2 Å². The Labute approximate surface area is 229 Å². The summed E-state index contributed by atoms with van der Waals surface area (Å²) in [6, 6.07) is 8.07. The van der Waals surface area contributed by atoms with Gasteiger partial charge < -0.3 is 30.6 Å². The van der Waals surface area contributed by atoms with Crippen LogP contribution in [0.25, 0.3) is 0 Å². The van der Waals surface area contributed by atoms with Gasteiger partial charge >= 0.3 is 5.97 Å². The number of aliphatic hydroxyl groups excluding tert-OH is 2. The highest BCUT2D eigenvalue weighted by Crippen LogP contribution is 2.29. The third kappa shape index (κ3) is 7.82. The first-order valence-corrected chi connectivity index (χ1v) is 12.7. The van der Waals surface area contributed by atoms with Gasteiger partial charge in [-0.3, -0.25) is 4.79 Å². The molecular weight excluding hydrogens is 535 g/mol. The summed E-state index contributed by atoms with van der Waals surface area (Å²) in [5, 5.41) is 50.9. The van der Waals surface area contributed by atoms with Crippen LogP contribution in [-0.4, -0.2) is 68.3 Å². The smallest absolute Gasteiger partial charge is 0.326 e. The Balaban J connectivity index is 1.65. The Morgan fingerprint density at radius 2 is 1.92 bits per heavy atom. The number of halogens is 2. The number of aryl methyl sites for hydroxylation is 1. The van der Waals surface area contributed by atoms with Crippen molar-refractivity contribution in [2.75, 3.05) is 13.1 Å². The molecule has 0 bridgehead atoms. The first kappa shape index (κ1) is 29.2. The number of nitriles is 1. The molecule has 3 atom stereocenters. The summed E-state index contributed by atoms with van der Waals surface area (Å²) in [4.78, 5) is 30.3. The Morgan fingerprint density at radius 3 is 2.50 bits per heavy atom. The molecule has 38 heavy (non-hydrogen) atoms. The van der Waals surface area contributed by atoms with Crippen molar-refractivity contribution < 1.29 is 30.0 Å². The lowest BCUT2D eigenvalue weighted by atomic mass is 10.00. The summed E-state index contributed by atoms with van der Waals surface area (Å²) in [5.74, 6) is -1.65. The number of aliphatic carboxylic acids is 1. The third-order valence-corrected chi connectivity index (χ3v) is 6.85. The van der Waals surface area contributed by atoms with Gasteiger partial charge in [0.25, 0.3) is 5.91 Å². The number of carbonyl (C=O) groups is 2. The molecule has 3 rings (SSSR count). The van der Waals surface area contributed by atoms with E-state index >= 15 is 0 Å². The molecule has 202 valence electrons. The highest BCUT2D eigenvalue weighted by molar-refractivity contribution is 6.39. The monoisotopic (exact) mass is 562 g/mol. The van der Waals surface area contributed by atoms with Crippen molar-refractivity contribution in [3.8, 4) is 11.9 Å². The van der Waals surface area contributed by atoms with E-state index < -0.39 is 30.1 Å². The number of carboxylic acid groups (broad SMARTS) is 1. The van der Waals surface area contributed by atoms with E-state index in [4.69, 9.17) is 28.5 Å². The largest absolute Gasteiger partial charge is 0.508 e. The topological polar surface area (TPSA) is 166 Å². The van der Waals surface area contributed by atoms with E-state index in [1.807, 2.05) is 0 Å². The molecule has 0 aromatic heterocycles. The van der Waals surface area contributed by atoms with Crippen molar-refractivity contribution >= 4 is 40.9 Å². The van der Waals surface area contributed by atoms with Gasteiger partial charge in [0.05, 0.1) is 27.8 Å². The van der Waals surface area contributed by atoms with Crippen LogP contribution < -0.4 is 5.32 Å². The van der Waals surface area contributed by atoms with Crippen LogP contribution in [0.5, 0.6) is 5.75 Å². The van der Waals surface area contributed by atoms with E-state index in [-0.39, 0.29) is 34.2 Å². The number of amidine groups is 1. The van der Waals surface area contributed by atoms with Crippen LogP contribution in [0.15, 0.2) is 41.4 Å². The van der Waals surface area contributed by atoms with Crippen molar-refractivity contribution in [2.45, 2.75) is 50.4 Å². The number of nitrogens with zero attached hydrogens (tertiary/aromatic N) is 3. The number of hydrogen-bond donors (Lipinski definition) is 5. The van der Waals surface area contributed by atoms with Crippen molar-refractivity contribution in [1.82, 2.24) is 10.2 Å². The number of aliphatic imine (C=N–C) groups is 1. The summed E-state index contributed by atoms with van der Waals surface area (Å²) < 4.78 is 0. The number of carbonyl (C=O) groups excluding carboxylic acids is 1. The highest BCUT2D eigenvalue weighted by atomic mass is 35.5. The Kier molecular flexibility index (Phi) is 10.3. The zero-order valence-corrected chi connectivity index (χ0v) is 21.9. The van der Waals surface area contributed by atoms with Gasteiger partial charge in [-0.15, -0.1) is 0 Å². The van der Waals surface area contributed by atoms with Gasteiger partial charge in [0.2, 0.25) is 6.19 Å². The Morgan fingerprint density at radius 1 is 1.21 bits per heavy atom. The summed E-state index contributed by atoms with van der Waals surface area (Å²) in [7, 11) is 0. The molecule has 1 fully saturated rings. The molecule has 12 heteroatoms. The molecule has 1 aliphatic heterocycles. The Hall–Kier alpha value is -3.36. The molecule has 2 aromatic rings. The fraction of sp³-hybridized carbons (Fsp3) is 0.385. The lowest BCUT2D eigenvalue weighted by molar-refractivity contribution is -0.139. The van der Waals surface area contributed by atoms with Gasteiger partial charge in [0.1, 0.15) is 17.6 Å². The van der Waals surface area contributed by atoms with Crippen LogP contribution in [0.2, 0.25) is 10.0 Å². The Bertz CT molecular complexity index is 1230. The first-order chi connectivity index (χ1) is 18.1. The SMILES string of the molecule is N#CN=C(CC[C@H](NC(=O)c1c(Cl)cc(CCC(O)c2cccc(O)c2)cc1Cl)C(=O)O)N1CC[C@H](O)C1. The van der Waals surface area contributed by atoms with Crippen LogP contribution >= 0.6 is 23.2 Å². The molecule has 10 nitrogen and oxygen atoms in total. The molecule has 1 aliphatic rings. The van der Waals surface area contributed by atoms with E-state index in [1.165, 1.54) is 24.3 Å². The van der Waals surface area contributed by atoms with Gasteiger partial charge in [-0.05, 0) is 61.1 Å². The van der Waals surface area contributed by atoms with Gasteiger partial charge in [0, 0.05) is 19.5 Å². The van der Waals surface area contributed by atoms with Crippen molar-refractivity contribution in [3.05, 3.63) is 63.1 Å². The molecule has 1 saturated heterocycles. The van der Waals surface area contributed by atoms with Crippen LogP contribution in [0.1, 0.15) is 53.3 Å². The van der Waals surface area contributed by atoms with Crippen LogP contribution in [0.3, 0.4) is 0 Å². The van der Waals surface area contributed by atoms with E-state index in [0.717, 1.165) is 0 Å². The molecule has 0 saturated carbocycles. The van der Waals surface area contributed by atoms with Gasteiger partial charge in [-0.1, -0.05) is 35.3 Å². The van der Waals surface area contributed by atoms with E-state index in [1.54, 1.807) is 23.2 Å². The maximum atomic E-state index is 12.9. The number of likely N-dealkylation sites (tertiary alicyclic amines) is 1. The standard InChI is InChI=1S/C26H28Cl2N4O6/c27-19-10-15(4-6-22(35)16-2-1-3-17(33)12-16)11-20(28)24(19)25(36)31-21(26(37)38)5-7-23(30-14-29)32-9-8-18(34)13-32/h1-3,10-12,18,21-22,33-35H,4-9,13H2,(H,31,36)(H,37,38)/t18-,21-,22?/m0/s1. The van der Waals surface area contributed by atoms with E-state index in [0.29, 0.717) is 49.3 Å². The van der Waals surface area contributed by atoms with Crippen LogP contribution in [0.4, 0.5) is 0 Å². The average Bonchev–Trinajstić information content (AvgIpc) is 3.29. The second-order valence-electron chi connectivity index (χ2n) is 9.00. The van der Waals surface area contributed by atoms with Crippen molar-refractivity contribution in [1.29, 1.82) is 5.26 Å². The molecular formula is C26H28Cl2N4O6. The average molecular weight is 563 g/mol. The molecule has 1 heterocycles. The lowest BCUT2D eigenvalue weighted by Gasteiger charge is -2.21. The summed E-state index contributed by atoms with van der Waals surface area (Å²) in [6.45, 7) is 0.793. The zero-order valence-electron chi connectivity index (χ0n) is 20.3. The molecule has 5 N–H and O–H groups in total. The molecule has 1 unspecified atom stereocenters. The van der Waals surface area contributed by atoms with E-state index in [2.05, 4.69) is 10.3 Å². The number of hydrogen-bond acceptors (Lipinski definition) is 7. The fourth-order valence-electron chi connectivity index (χ4n) is 4.27. The minimum atomic E-state index is -1.30. The number of rotatable bonds is 10. The first-order valence-electron chi connectivity index (χ1n) is 12.0. The predicted molar refractivity (Wildman–Crippen MR) is 141 cm³/mol. The maximum absolute atomic E-state index is 12.9. The number of benzene rings is 2. The lowest BCUT2D eigenvalue weighted by Crippen LogP contribution is -2.42. The van der Waals surface area contributed by atoms with Gasteiger partial charge in [-0.2, -0.15) is 10.3 Å². The predicted octanol–water partition coefficient (Wildman–Crippen LogP) is 3.27. The van der Waals surface area contributed by atoms with Crippen LogP contribution in [0, 0.1) is 11.5 Å². The zero-order chi connectivity index (χ0) is 27.8. The normalized spacial score (nSPS) is 17.1. The second-order valence-corrected chi connectivity index (χ2v) is 9.82. The summed E-state index contributed by atoms with van der Waals surface area (Å²) in [6.07, 6.45) is 1.57. The number of amides is 1. The number of aliphatic hydroxyl groups is 2. The van der Waals surface area contributed by atoms with Crippen molar-refractivity contribution in [3.63, 3.8) is 0 Å². The molecule has 0 radical (unpaired) electrons. The van der Waals surface area contributed by atoms with Gasteiger partial charge in [0.15, 0.2) is 0 Å².